The zero-order valence-electron chi connectivity index (χ0n) is 15.3. The van der Waals surface area contributed by atoms with Crippen molar-refractivity contribution >= 4 is 15.9 Å². The van der Waals surface area contributed by atoms with Crippen LogP contribution in [0.15, 0.2) is 16.6 Å². The van der Waals surface area contributed by atoms with Crippen molar-refractivity contribution in [1.82, 2.24) is 0 Å². The third kappa shape index (κ3) is 39.5. The molecule has 0 aliphatic heterocycles. The van der Waals surface area contributed by atoms with Crippen LogP contribution >= 0.6 is 0 Å². The summed E-state index contributed by atoms with van der Waals surface area (Å²) >= 11 is -1.75. The Hall–Kier alpha value is 0.716. The minimum Gasteiger partial charge on any atom is 4.00 e. The van der Waals surface area contributed by atoms with Gasteiger partial charge in [-0.3, -0.25) is 0 Å². The summed E-state index contributed by atoms with van der Waals surface area (Å²) in [5.74, 6) is 0. The Morgan fingerprint density at radius 1 is 0.957 bits per heavy atom. The van der Waals surface area contributed by atoms with Gasteiger partial charge in [-0.1, -0.05) is 59.3 Å². The van der Waals surface area contributed by atoms with Gasteiger partial charge in [-0.2, -0.15) is 19.6 Å². The largest absolute Gasteiger partial charge is 4.00 e. The molecule has 0 aromatic rings. The fourth-order valence-electron chi connectivity index (χ4n) is 1.07. The van der Waals surface area contributed by atoms with Gasteiger partial charge in [-0.25, -0.2) is 0 Å². The second-order valence-electron chi connectivity index (χ2n) is 4.75. The zero-order valence-corrected chi connectivity index (χ0v) is 20.7. The molecular weight excluding hydrogens is 429 g/mol. The van der Waals surface area contributed by atoms with Gasteiger partial charge >= 0.3 is 74.7 Å². The van der Waals surface area contributed by atoms with E-state index in [1.807, 2.05) is 12.2 Å². The molecule has 0 fully saturated rings. The van der Waals surface area contributed by atoms with Crippen LogP contribution in [-0.4, -0.2) is 35.5 Å². The second-order valence-corrected chi connectivity index (χ2v) is 6.91. The first-order chi connectivity index (χ1) is 10.7. The SMILES string of the molecule is CCCC[NH-].CCCC[NH-].CCCC[NH-].[F][GeH2][C]1=[C-]CC=C1.[Zr+4]. The second kappa shape index (κ2) is 34.1. The van der Waals surface area contributed by atoms with Gasteiger partial charge in [0, 0.05) is 0 Å². The third-order valence-electron chi connectivity index (χ3n) is 2.50. The van der Waals surface area contributed by atoms with Gasteiger partial charge < -0.3 is 17.2 Å². The Bertz CT molecular complexity index is 220. The first-order valence-electron chi connectivity index (χ1n) is 8.44. The molecule has 0 aromatic heterocycles. The Morgan fingerprint density at radius 3 is 1.43 bits per heavy atom. The molecule has 0 saturated heterocycles. The van der Waals surface area contributed by atoms with Crippen molar-refractivity contribution in [1.29, 1.82) is 0 Å². The zero-order chi connectivity index (χ0) is 17.5. The van der Waals surface area contributed by atoms with E-state index in [0.29, 0.717) is 19.6 Å². The van der Waals surface area contributed by atoms with Crippen molar-refractivity contribution < 1.29 is 29.7 Å². The molecule has 0 saturated carbocycles. The minimum absolute atomic E-state index is 0. The molecule has 0 aromatic carbocycles. The molecule has 3 N–H and O–H groups in total. The van der Waals surface area contributed by atoms with Gasteiger partial charge in [-0.05, 0) is 0 Å². The topological polar surface area (TPSA) is 71.4 Å². The standard InChI is InChI=1S/C5H6FGe.3C4H10N.Zr/c6-7-5-3-1-2-4-5;3*1-2-3-4-5;/h1,3H,2,7H2;3*5H,2-4H2,1H3;/q4*-1;+4. The summed E-state index contributed by atoms with van der Waals surface area (Å²) < 4.78 is 12.6. The fraction of sp³-hybridized carbons (Fsp3) is 0.765. The van der Waals surface area contributed by atoms with Gasteiger partial charge in [0.05, 0.1) is 0 Å². The number of hydrogen-bond donors (Lipinski definition) is 0. The van der Waals surface area contributed by atoms with Crippen LogP contribution in [-0.2, 0) is 26.2 Å². The van der Waals surface area contributed by atoms with E-state index >= 15 is 0 Å². The Balaban J connectivity index is -0.000000105. The Morgan fingerprint density at radius 2 is 1.35 bits per heavy atom. The Kier molecular flexibility index (Phi) is 46.7. The van der Waals surface area contributed by atoms with Crippen molar-refractivity contribution in [2.45, 2.75) is 65.7 Å². The van der Waals surface area contributed by atoms with E-state index in [0.717, 1.165) is 49.4 Å². The van der Waals surface area contributed by atoms with Gasteiger partial charge in [0.2, 0.25) is 0 Å². The molecule has 0 unspecified atom stereocenters. The summed E-state index contributed by atoms with van der Waals surface area (Å²) in [6, 6.07) is 0. The van der Waals surface area contributed by atoms with E-state index in [4.69, 9.17) is 17.2 Å². The van der Waals surface area contributed by atoms with Crippen LogP contribution < -0.4 is 0 Å². The molecule has 0 spiro atoms. The molecule has 0 amide bonds. The average molecular weight is 465 g/mol. The monoisotopic (exact) mass is 465 g/mol. The maximum Gasteiger partial charge on any atom is 4.00 e. The molecule has 6 heteroatoms. The molecule has 3 nitrogen and oxygen atoms in total. The summed E-state index contributed by atoms with van der Waals surface area (Å²) in [6.07, 6.45) is 14.2. The van der Waals surface area contributed by atoms with Gasteiger partial charge in [0.15, 0.2) is 0 Å². The van der Waals surface area contributed by atoms with Crippen LogP contribution in [0.4, 0.5) is 3.50 Å². The van der Waals surface area contributed by atoms with Crippen LogP contribution in [0, 0.1) is 6.08 Å². The summed E-state index contributed by atoms with van der Waals surface area (Å²) in [4.78, 5) is 0. The molecule has 0 heterocycles. The molecule has 134 valence electrons. The fourth-order valence-corrected chi connectivity index (χ4v) is 2.11. The quantitative estimate of drug-likeness (QED) is 0.317. The predicted molar refractivity (Wildman–Crippen MR) is 102 cm³/mol. The number of rotatable bonds is 7. The smallest absolute Gasteiger partial charge is 4.00 e. The minimum atomic E-state index is -1.75. The van der Waals surface area contributed by atoms with Crippen molar-refractivity contribution in [2.75, 3.05) is 19.6 Å². The van der Waals surface area contributed by atoms with Crippen LogP contribution in [0.1, 0.15) is 65.7 Å². The third-order valence-corrected chi connectivity index (χ3v) is 4.12. The van der Waals surface area contributed by atoms with E-state index < -0.39 is 15.9 Å². The van der Waals surface area contributed by atoms with Gasteiger partial charge in [0.1, 0.15) is 0 Å². The van der Waals surface area contributed by atoms with Gasteiger partial charge in [-0.15, -0.1) is 0 Å². The molecule has 0 atom stereocenters. The molecule has 1 aliphatic carbocycles. The first kappa shape index (κ1) is 31.5. The van der Waals surface area contributed by atoms with Crippen molar-refractivity contribution in [3.05, 3.63) is 39.8 Å². The van der Waals surface area contributed by atoms with E-state index in [9.17, 15) is 3.50 Å². The summed E-state index contributed by atoms with van der Waals surface area (Å²) in [6.45, 7) is 8.06. The first-order valence-corrected chi connectivity index (χ1v) is 11.0. The Labute approximate surface area is 170 Å². The van der Waals surface area contributed by atoms with Crippen molar-refractivity contribution in [2.24, 2.45) is 0 Å². The van der Waals surface area contributed by atoms with Crippen LogP contribution in [0.3, 0.4) is 0 Å². The number of hydrogen-bond acceptors (Lipinski definition) is 0. The molecule has 1 rings (SSSR count). The molecule has 0 radical (unpaired) electrons. The normalized spacial score (nSPS) is 11.3. The predicted octanol–water partition coefficient (Wildman–Crippen LogP) is 6.20. The van der Waals surface area contributed by atoms with E-state index in [-0.39, 0.29) is 26.2 Å². The summed E-state index contributed by atoms with van der Waals surface area (Å²) in [5.41, 5.74) is 19.8. The van der Waals surface area contributed by atoms with E-state index in [2.05, 4.69) is 26.8 Å². The number of allylic oxidation sites excluding steroid dienone is 4. The molecule has 0 bridgehead atoms. The summed E-state index contributed by atoms with van der Waals surface area (Å²) in [5, 5.41) is 0. The number of halogens is 1. The average Bonchev–Trinajstić information content (AvgIpc) is 3.05. The van der Waals surface area contributed by atoms with E-state index in [1.165, 1.54) is 0 Å². The number of nitrogens with one attached hydrogen (secondary N) is 3. The van der Waals surface area contributed by atoms with Gasteiger partial charge in [0.25, 0.3) is 0 Å². The summed E-state index contributed by atoms with van der Waals surface area (Å²) in [7, 11) is 0. The molecule has 1 aliphatic rings. The molecule has 23 heavy (non-hydrogen) atoms. The van der Waals surface area contributed by atoms with E-state index in [1.54, 1.807) is 0 Å². The maximum atomic E-state index is 11.7. The number of unbranched alkanes of at least 4 members (excludes halogenated alkanes) is 3. The maximum absolute atomic E-state index is 11.7. The van der Waals surface area contributed by atoms with Crippen LogP contribution in [0.5, 0.6) is 0 Å². The van der Waals surface area contributed by atoms with Crippen LogP contribution in [0.2, 0.25) is 0 Å². The van der Waals surface area contributed by atoms with Crippen molar-refractivity contribution in [3.8, 4) is 0 Å². The van der Waals surface area contributed by atoms with Crippen molar-refractivity contribution in [3.63, 3.8) is 0 Å². The van der Waals surface area contributed by atoms with Crippen LogP contribution in [0.25, 0.3) is 17.2 Å². The molecular formula is C17H36FGeN3Zr.